The van der Waals surface area contributed by atoms with E-state index in [-0.39, 0.29) is 27.6 Å². The van der Waals surface area contributed by atoms with Gasteiger partial charge in [-0.3, -0.25) is 0 Å². The first-order chi connectivity index (χ1) is 8.88. The molecule has 0 aliphatic rings. The fraction of sp³-hybridized carbons (Fsp3) is 0.0769. The maximum absolute atomic E-state index is 12.3. The normalized spacial score (nSPS) is 11.4. The Balaban J connectivity index is 2.54. The average molecular weight is 289 g/mol. The van der Waals surface area contributed by atoms with Crippen molar-refractivity contribution in [2.45, 2.75) is 6.36 Å². The number of halogens is 4. The van der Waals surface area contributed by atoms with E-state index in [4.69, 9.17) is 11.6 Å². The third-order valence-electron chi connectivity index (χ3n) is 2.38. The minimum atomic E-state index is -4.79. The Kier molecular flexibility index (Phi) is 3.57. The summed E-state index contributed by atoms with van der Waals surface area (Å²) < 4.78 is 40.9. The highest BCUT2D eigenvalue weighted by molar-refractivity contribution is 6.34. The lowest BCUT2D eigenvalue weighted by molar-refractivity contribution is -0.274. The highest BCUT2D eigenvalue weighted by Crippen LogP contribution is 2.40. The molecule has 0 saturated heterocycles. The van der Waals surface area contributed by atoms with Crippen LogP contribution >= 0.6 is 11.6 Å². The number of hydrogen-bond acceptors (Lipinski definition) is 2. The Hall–Kier alpha value is -1.88. The number of benzene rings is 2. The smallest absolute Gasteiger partial charge is 0.506 e. The van der Waals surface area contributed by atoms with Crippen LogP contribution in [0, 0.1) is 0 Å². The molecule has 19 heavy (non-hydrogen) atoms. The maximum atomic E-state index is 12.3. The van der Waals surface area contributed by atoms with E-state index in [1.165, 1.54) is 36.4 Å². The van der Waals surface area contributed by atoms with Gasteiger partial charge in [0.15, 0.2) is 0 Å². The number of alkyl halides is 3. The molecule has 2 nitrogen and oxygen atoms in total. The molecule has 0 amide bonds. The van der Waals surface area contributed by atoms with E-state index in [2.05, 4.69) is 4.74 Å². The van der Waals surface area contributed by atoms with E-state index in [9.17, 15) is 18.3 Å². The molecule has 0 heterocycles. The molecule has 0 radical (unpaired) electrons. The molecule has 1 N–H and O–H groups in total. The summed E-state index contributed by atoms with van der Waals surface area (Å²) in [5, 5.41) is 9.46. The third kappa shape index (κ3) is 3.12. The number of hydrogen-bond donors (Lipinski definition) is 1. The molecule has 0 bridgehead atoms. The highest BCUT2D eigenvalue weighted by Gasteiger charge is 2.32. The van der Waals surface area contributed by atoms with Crippen LogP contribution in [-0.2, 0) is 0 Å². The topological polar surface area (TPSA) is 29.5 Å². The van der Waals surface area contributed by atoms with E-state index < -0.39 is 6.36 Å². The number of aromatic hydroxyl groups is 1. The summed E-state index contributed by atoms with van der Waals surface area (Å²) in [5.41, 5.74) is 0.419. The fourth-order valence-corrected chi connectivity index (χ4v) is 1.86. The molecule has 6 heteroatoms. The standard InChI is InChI=1S/C13H8ClF3O2/c14-12-9(5-3-6-10(12)18)8-4-1-2-7-11(8)19-13(15,16)17/h1-7,18H. The van der Waals surface area contributed by atoms with Gasteiger partial charge in [-0.25, -0.2) is 0 Å². The molecule has 0 spiro atoms. The van der Waals surface area contributed by atoms with Crippen molar-refractivity contribution in [1.82, 2.24) is 0 Å². The van der Waals surface area contributed by atoms with Gasteiger partial charge in [0.2, 0.25) is 0 Å². The predicted molar refractivity (Wildman–Crippen MR) is 65.2 cm³/mol. The van der Waals surface area contributed by atoms with Gasteiger partial charge in [-0.05, 0) is 12.1 Å². The third-order valence-corrected chi connectivity index (χ3v) is 2.78. The molecule has 2 rings (SSSR count). The lowest BCUT2D eigenvalue weighted by Gasteiger charge is -2.14. The monoisotopic (exact) mass is 288 g/mol. The Morgan fingerprint density at radius 1 is 0.947 bits per heavy atom. The van der Waals surface area contributed by atoms with Crippen molar-refractivity contribution in [3.63, 3.8) is 0 Å². The van der Waals surface area contributed by atoms with Crippen LogP contribution in [0.3, 0.4) is 0 Å². The van der Waals surface area contributed by atoms with Crippen LogP contribution in [-0.4, -0.2) is 11.5 Å². The first kappa shape index (κ1) is 13.5. The van der Waals surface area contributed by atoms with E-state index in [1.54, 1.807) is 6.07 Å². The predicted octanol–water partition coefficient (Wildman–Crippen LogP) is 4.61. The van der Waals surface area contributed by atoms with Gasteiger partial charge in [0.1, 0.15) is 11.5 Å². The van der Waals surface area contributed by atoms with Crippen molar-refractivity contribution in [2.24, 2.45) is 0 Å². The Labute approximate surface area is 112 Å². The van der Waals surface area contributed by atoms with E-state index in [1.807, 2.05) is 0 Å². The molecular weight excluding hydrogens is 281 g/mol. The fourth-order valence-electron chi connectivity index (χ4n) is 1.63. The lowest BCUT2D eigenvalue weighted by Crippen LogP contribution is -2.17. The van der Waals surface area contributed by atoms with Crippen LogP contribution in [0.2, 0.25) is 5.02 Å². The summed E-state index contributed by atoms with van der Waals surface area (Å²) in [6.45, 7) is 0. The van der Waals surface area contributed by atoms with Gasteiger partial charge in [0, 0.05) is 11.1 Å². The molecule has 100 valence electrons. The minimum absolute atomic E-state index is 0.0271. The SMILES string of the molecule is Oc1cccc(-c2ccccc2OC(F)(F)F)c1Cl. The first-order valence-electron chi connectivity index (χ1n) is 5.21. The zero-order valence-electron chi connectivity index (χ0n) is 9.41. The van der Waals surface area contributed by atoms with Gasteiger partial charge in [0.25, 0.3) is 0 Å². The number of phenols is 1. The van der Waals surface area contributed by atoms with Crippen LogP contribution in [0.5, 0.6) is 11.5 Å². The second-order valence-electron chi connectivity index (χ2n) is 3.68. The zero-order chi connectivity index (χ0) is 14.0. The molecule has 0 atom stereocenters. The quantitative estimate of drug-likeness (QED) is 0.874. The molecule has 0 unspecified atom stereocenters. The molecule has 0 fully saturated rings. The highest BCUT2D eigenvalue weighted by atomic mass is 35.5. The van der Waals surface area contributed by atoms with Crippen LogP contribution < -0.4 is 4.74 Å². The van der Waals surface area contributed by atoms with Crippen molar-refractivity contribution in [3.8, 4) is 22.6 Å². The summed E-state index contributed by atoms with van der Waals surface area (Å²) in [6.07, 6.45) is -4.79. The summed E-state index contributed by atoms with van der Waals surface area (Å²) >= 11 is 5.88. The molecular formula is C13H8ClF3O2. The average Bonchev–Trinajstić information content (AvgIpc) is 2.32. The van der Waals surface area contributed by atoms with Gasteiger partial charge in [-0.1, -0.05) is 41.9 Å². The van der Waals surface area contributed by atoms with E-state index >= 15 is 0 Å². The summed E-state index contributed by atoms with van der Waals surface area (Å²) in [6, 6.07) is 9.92. The molecule has 2 aromatic rings. The largest absolute Gasteiger partial charge is 0.573 e. The Morgan fingerprint density at radius 2 is 1.58 bits per heavy atom. The Morgan fingerprint density at radius 3 is 2.26 bits per heavy atom. The van der Waals surface area contributed by atoms with Crippen molar-refractivity contribution < 1.29 is 23.0 Å². The number of phenolic OH excluding ortho intramolecular Hbond substituents is 1. The van der Waals surface area contributed by atoms with Gasteiger partial charge in [-0.2, -0.15) is 0 Å². The lowest BCUT2D eigenvalue weighted by atomic mass is 10.0. The molecule has 2 aromatic carbocycles. The van der Waals surface area contributed by atoms with Crippen molar-refractivity contribution >= 4 is 11.6 Å². The van der Waals surface area contributed by atoms with Crippen LogP contribution in [0.4, 0.5) is 13.2 Å². The zero-order valence-corrected chi connectivity index (χ0v) is 10.2. The van der Waals surface area contributed by atoms with Gasteiger partial charge in [-0.15, -0.1) is 13.2 Å². The maximum Gasteiger partial charge on any atom is 0.573 e. The van der Waals surface area contributed by atoms with E-state index in [0.717, 1.165) is 0 Å². The summed E-state index contributed by atoms with van der Waals surface area (Å²) in [5.74, 6) is -0.580. The van der Waals surface area contributed by atoms with Crippen LogP contribution in [0.1, 0.15) is 0 Å². The van der Waals surface area contributed by atoms with Gasteiger partial charge in [0.05, 0.1) is 5.02 Å². The minimum Gasteiger partial charge on any atom is -0.506 e. The first-order valence-corrected chi connectivity index (χ1v) is 5.59. The van der Waals surface area contributed by atoms with Gasteiger partial charge < -0.3 is 9.84 Å². The number of ether oxygens (including phenoxy) is 1. The van der Waals surface area contributed by atoms with Gasteiger partial charge >= 0.3 is 6.36 Å². The number of para-hydroxylation sites is 1. The summed E-state index contributed by atoms with van der Waals surface area (Å²) in [7, 11) is 0. The van der Waals surface area contributed by atoms with Crippen molar-refractivity contribution in [2.75, 3.05) is 0 Å². The second kappa shape index (κ2) is 5.01. The van der Waals surface area contributed by atoms with Crippen molar-refractivity contribution in [1.29, 1.82) is 0 Å². The molecule has 0 aliphatic carbocycles. The summed E-state index contributed by atoms with van der Waals surface area (Å²) in [4.78, 5) is 0. The molecule has 0 aromatic heterocycles. The van der Waals surface area contributed by atoms with E-state index in [0.29, 0.717) is 0 Å². The Bertz CT molecular complexity index is 597. The molecule has 0 saturated carbocycles. The van der Waals surface area contributed by atoms with Crippen LogP contribution in [0.15, 0.2) is 42.5 Å². The van der Waals surface area contributed by atoms with Crippen molar-refractivity contribution in [3.05, 3.63) is 47.5 Å². The molecule has 0 aliphatic heterocycles. The second-order valence-corrected chi connectivity index (χ2v) is 4.06. The van der Waals surface area contributed by atoms with Crippen LogP contribution in [0.25, 0.3) is 11.1 Å². The number of rotatable bonds is 2.